The molecule has 2 atom stereocenters. The molecular weight excluding hydrogens is 250 g/mol. The normalized spacial score (nSPS) is 24.1. The van der Waals surface area contributed by atoms with E-state index in [2.05, 4.69) is 28.7 Å². The molecular formula is C12H17N3O2S. The van der Waals surface area contributed by atoms with Crippen molar-refractivity contribution in [2.45, 2.75) is 31.3 Å². The second-order valence-electron chi connectivity index (χ2n) is 4.66. The Kier molecular flexibility index (Phi) is 3.75. The van der Waals surface area contributed by atoms with Gasteiger partial charge >= 0.3 is 5.97 Å². The van der Waals surface area contributed by atoms with Crippen LogP contribution in [0.25, 0.3) is 0 Å². The quantitative estimate of drug-likeness (QED) is 0.881. The van der Waals surface area contributed by atoms with Gasteiger partial charge in [0.05, 0.1) is 0 Å². The molecule has 1 aliphatic rings. The highest BCUT2D eigenvalue weighted by atomic mass is 32.2. The molecule has 0 aromatic carbocycles. The summed E-state index contributed by atoms with van der Waals surface area (Å²) in [5, 5.41) is 10.0. The number of anilines is 1. The van der Waals surface area contributed by atoms with Gasteiger partial charge in [0, 0.05) is 29.3 Å². The maximum Gasteiger partial charge on any atom is 0.354 e. The SMILES string of the molecule is Cc1cc(C(=O)O)nc(N2CC(C)SC(C)C2)n1. The van der Waals surface area contributed by atoms with E-state index in [4.69, 9.17) is 5.11 Å². The van der Waals surface area contributed by atoms with Crippen molar-refractivity contribution < 1.29 is 9.90 Å². The molecule has 0 radical (unpaired) electrons. The molecule has 2 rings (SSSR count). The monoisotopic (exact) mass is 267 g/mol. The maximum absolute atomic E-state index is 11.0. The first-order chi connectivity index (χ1) is 8.45. The molecule has 1 saturated heterocycles. The van der Waals surface area contributed by atoms with Crippen molar-refractivity contribution in [2.75, 3.05) is 18.0 Å². The van der Waals surface area contributed by atoms with Crippen molar-refractivity contribution in [1.82, 2.24) is 9.97 Å². The van der Waals surface area contributed by atoms with Gasteiger partial charge in [-0.1, -0.05) is 13.8 Å². The Morgan fingerprint density at radius 3 is 2.56 bits per heavy atom. The summed E-state index contributed by atoms with van der Waals surface area (Å²) in [4.78, 5) is 21.6. The Hall–Kier alpha value is -1.30. The minimum absolute atomic E-state index is 0.0658. The molecule has 0 saturated carbocycles. The van der Waals surface area contributed by atoms with E-state index in [1.54, 1.807) is 6.92 Å². The fourth-order valence-corrected chi connectivity index (χ4v) is 3.47. The van der Waals surface area contributed by atoms with Crippen LogP contribution >= 0.6 is 11.8 Å². The van der Waals surface area contributed by atoms with E-state index < -0.39 is 5.97 Å². The van der Waals surface area contributed by atoms with Gasteiger partial charge < -0.3 is 10.0 Å². The zero-order chi connectivity index (χ0) is 13.3. The third-order valence-corrected chi connectivity index (χ3v) is 3.99. The number of carboxylic acids is 1. The molecule has 6 heteroatoms. The third kappa shape index (κ3) is 2.93. The van der Waals surface area contributed by atoms with E-state index in [-0.39, 0.29) is 5.69 Å². The number of hydrogen-bond donors (Lipinski definition) is 1. The molecule has 1 fully saturated rings. The summed E-state index contributed by atoms with van der Waals surface area (Å²) in [7, 11) is 0. The highest BCUT2D eigenvalue weighted by Crippen LogP contribution is 2.27. The second-order valence-corrected chi connectivity index (χ2v) is 6.54. The van der Waals surface area contributed by atoms with Gasteiger partial charge in [0.15, 0.2) is 5.69 Å². The number of hydrogen-bond acceptors (Lipinski definition) is 5. The van der Waals surface area contributed by atoms with Crippen molar-refractivity contribution in [3.05, 3.63) is 17.5 Å². The van der Waals surface area contributed by atoms with Gasteiger partial charge in [-0.25, -0.2) is 14.8 Å². The molecule has 0 aliphatic carbocycles. The number of aryl methyl sites for hydroxylation is 1. The number of carboxylic acid groups (broad SMARTS) is 1. The van der Waals surface area contributed by atoms with Crippen LogP contribution in [0.4, 0.5) is 5.95 Å². The lowest BCUT2D eigenvalue weighted by Crippen LogP contribution is -2.41. The smallest absolute Gasteiger partial charge is 0.354 e. The zero-order valence-electron chi connectivity index (χ0n) is 10.8. The van der Waals surface area contributed by atoms with Gasteiger partial charge in [0.2, 0.25) is 5.95 Å². The zero-order valence-corrected chi connectivity index (χ0v) is 11.6. The number of rotatable bonds is 2. The Morgan fingerprint density at radius 2 is 2.00 bits per heavy atom. The van der Waals surface area contributed by atoms with E-state index >= 15 is 0 Å². The fourth-order valence-electron chi connectivity index (χ4n) is 2.15. The van der Waals surface area contributed by atoms with Crippen LogP contribution < -0.4 is 4.90 Å². The Labute approximate surface area is 111 Å². The molecule has 5 nitrogen and oxygen atoms in total. The molecule has 0 amide bonds. The number of aromatic carboxylic acids is 1. The summed E-state index contributed by atoms with van der Waals surface area (Å²) in [6.45, 7) is 7.85. The minimum Gasteiger partial charge on any atom is -0.477 e. The van der Waals surface area contributed by atoms with E-state index in [0.717, 1.165) is 13.1 Å². The van der Waals surface area contributed by atoms with Crippen molar-refractivity contribution in [2.24, 2.45) is 0 Å². The van der Waals surface area contributed by atoms with E-state index in [1.165, 1.54) is 6.07 Å². The van der Waals surface area contributed by atoms with Crippen molar-refractivity contribution >= 4 is 23.7 Å². The van der Waals surface area contributed by atoms with E-state index in [0.29, 0.717) is 22.1 Å². The van der Waals surface area contributed by atoms with Gasteiger partial charge in [0.1, 0.15) is 0 Å². The summed E-state index contributed by atoms with van der Waals surface area (Å²) < 4.78 is 0. The van der Waals surface area contributed by atoms with Crippen LogP contribution in [0.15, 0.2) is 6.07 Å². The Balaban J connectivity index is 2.29. The van der Waals surface area contributed by atoms with Gasteiger partial charge in [-0.2, -0.15) is 11.8 Å². The fraction of sp³-hybridized carbons (Fsp3) is 0.583. The molecule has 1 N–H and O–H groups in total. The predicted octanol–water partition coefficient (Wildman–Crippen LogP) is 1.81. The number of nitrogens with zero attached hydrogens (tertiary/aromatic N) is 3. The van der Waals surface area contributed by atoms with Crippen LogP contribution in [0, 0.1) is 6.92 Å². The second kappa shape index (κ2) is 5.14. The van der Waals surface area contributed by atoms with E-state index in [1.807, 2.05) is 11.8 Å². The third-order valence-electron chi connectivity index (χ3n) is 2.76. The lowest BCUT2D eigenvalue weighted by molar-refractivity contribution is 0.0690. The summed E-state index contributed by atoms with van der Waals surface area (Å²) in [5.74, 6) is -0.472. The molecule has 18 heavy (non-hydrogen) atoms. The van der Waals surface area contributed by atoms with Gasteiger partial charge in [-0.05, 0) is 13.0 Å². The van der Waals surface area contributed by atoms with Crippen molar-refractivity contribution in [1.29, 1.82) is 0 Å². The average molecular weight is 267 g/mol. The molecule has 1 aromatic heterocycles. The highest BCUT2D eigenvalue weighted by Gasteiger charge is 2.24. The molecule has 2 heterocycles. The number of aromatic nitrogens is 2. The first-order valence-corrected chi connectivity index (χ1v) is 6.89. The van der Waals surface area contributed by atoms with Crippen LogP contribution in [0.5, 0.6) is 0 Å². The van der Waals surface area contributed by atoms with Gasteiger partial charge in [0.25, 0.3) is 0 Å². The molecule has 0 spiro atoms. The first kappa shape index (κ1) is 13.1. The van der Waals surface area contributed by atoms with Crippen LogP contribution in [-0.2, 0) is 0 Å². The lowest BCUT2D eigenvalue weighted by atomic mass is 10.3. The average Bonchev–Trinajstić information content (AvgIpc) is 2.26. The summed E-state index contributed by atoms with van der Waals surface area (Å²) in [5.41, 5.74) is 0.756. The summed E-state index contributed by atoms with van der Waals surface area (Å²) >= 11 is 1.94. The predicted molar refractivity (Wildman–Crippen MR) is 72.5 cm³/mol. The molecule has 98 valence electrons. The molecule has 2 unspecified atom stereocenters. The topological polar surface area (TPSA) is 66.3 Å². The summed E-state index contributed by atoms with van der Waals surface area (Å²) in [6, 6.07) is 1.50. The number of carbonyl (C=O) groups is 1. The van der Waals surface area contributed by atoms with Crippen LogP contribution in [0.2, 0.25) is 0 Å². The molecule has 1 aromatic rings. The minimum atomic E-state index is -1.01. The van der Waals surface area contributed by atoms with Crippen LogP contribution in [0.1, 0.15) is 30.0 Å². The highest BCUT2D eigenvalue weighted by molar-refractivity contribution is 8.00. The van der Waals surface area contributed by atoms with Gasteiger partial charge in [-0.15, -0.1) is 0 Å². The Morgan fingerprint density at radius 1 is 1.39 bits per heavy atom. The Bertz CT molecular complexity index is 457. The maximum atomic E-state index is 11.0. The first-order valence-electron chi connectivity index (χ1n) is 5.95. The van der Waals surface area contributed by atoms with E-state index in [9.17, 15) is 4.79 Å². The lowest BCUT2D eigenvalue weighted by Gasteiger charge is -2.34. The standard InChI is InChI=1S/C12H17N3O2S/c1-7-4-10(11(16)17)14-12(13-7)15-5-8(2)18-9(3)6-15/h4,8-9H,5-6H2,1-3H3,(H,16,17). The number of thioether (sulfide) groups is 1. The molecule has 1 aliphatic heterocycles. The van der Waals surface area contributed by atoms with Gasteiger partial charge in [-0.3, -0.25) is 0 Å². The largest absolute Gasteiger partial charge is 0.477 e. The van der Waals surface area contributed by atoms with Crippen molar-refractivity contribution in [3.8, 4) is 0 Å². The van der Waals surface area contributed by atoms with Crippen molar-refractivity contribution in [3.63, 3.8) is 0 Å². The molecule has 0 bridgehead atoms. The summed E-state index contributed by atoms with van der Waals surface area (Å²) in [6.07, 6.45) is 0. The van der Waals surface area contributed by atoms with Crippen LogP contribution in [0.3, 0.4) is 0 Å². The van der Waals surface area contributed by atoms with Crippen LogP contribution in [-0.4, -0.2) is 44.6 Å².